The van der Waals surface area contributed by atoms with E-state index in [1.807, 2.05) is 0 Å². The monoisotopic (exact) mass is 186 g/mol. The Labute approximate surface area is 76.0 Å². The zero-order valence-electron chi connectivity index (χ0n) is 7.43. The Kier molecular flexibility index (Phi) is 3.37. The molecule has 3 heteroatoms. The van der Waals surface area contributed by atoms with Gasteiger partial charge in [0.05, 0.1) is 0 Å². The molecule has 0 heterocycles. The van der Waals surface area contributed by atoms with Crippen LogP contribution >= 0.6 is 0 Å². The van der Waals surface area contributed by atoms with Crippen molar-refractivity contribution >= 4 is 0 Å². The molecular weight excluding hydrogens is 174 g/mol. The van der Waals surface area contributed by atoms with Crippen LogP contribution in [0.4, 0.5) is 8.78 Å². The number of hydrogen-bond acceptors (Lipinski definition) is 1. The molecular formula is C10H12F2O. The number of benzene rings is 1. The standard InChI is InChI=1S/C10H12F2O/c1-7(11)10-8(5-6-13)3-2-4-9(10)12/h2-4,7,13H,5-6H2,1H3. The number of rotatable bonds is 3. The van der Waals surface area contributed by atoms with Gasteiger partial charge in [-0.1, -0.05) is 12.1 Å². The van der Waals surface area contributed by atoms with Gasteiger partial charge in [-0.15, -0.1) is 0 Å². The normalized spacial score (nSPS) is 12.9. The molecule has 0 aliphatic heterocycles. The van der Waals surface area contributed by atoms with Crippen LogP contribution in [-0.4, -0.2) is 11.7 Å². The largest absolute Gasteiger partial charge is 0.396 e. The third-order valence-electron chi connectivity index (χ3n) is 1.92. The highest BCUT2D eigenvalue weighted by Crippen LogP contribution is 2.24. The molecule has 0 saturated heterocycles. The van der Waals surface area contributed by atoms with Gasteiger partial charge in [0, 0.05) is 12.2 Å². The van der Waals surface area contributed by atoms with Crippen molar-refractivity contribution in [1.29, 1.82) is 0 Å². The van der Waals surface area contributed by atoms with Gasteiger partial charge in [0.25, 0.3) is 0 Å². The highest BCUT2D eigenvalue weighted by Gasteiger charge is 2.13. The van der Waals surface area contributed by atoms with Gasteiger partial charge in [-0.05, 0) is 25.0 Å². The molecule has 1 nitrogen and oxygen atoms in total. The summed E-state index contributed by atoms with van der Waals surface area (Å²) < 4.78 is 26.1. The van der Waals surface area contributed by atoms with E-state index >= 15 is 0 Å². The summed E-state index contributed by atoms with van der Waals surface area (Å²) in [6.45, 7) is 1.20. The average molecular weight is 186 g/mol. The predicted octanol–water partition coefficient (Wildman–Crippen LogP) is 2.39. The second-order valence-electron chi connectivity index (χ2n) is 2.90. The predicted molar refractivity (Wildman–Crippen MR) is 46.7 cm³/mol. The first-order valence-electron chi connectivity index (χ1n) is 4.19. The van der Waals surface area contributed by atoms with Gasteiger partial charge in [-0.2, -0.15) is 0 Å². The van der Waals surface area contributed by atoms with Gasteiger partial charge in [0.15, 0.2) is 0 Å². The summed E-state index contributed by atoms with van der Waals surface area (Å²) in [5.74, 6) is -0.541. The zero-order chi connectivity index (χ0) is 9.84. The highest BCUT2D eigenvalue weighted by atomic mass is 19.1. The molecule has 1 atom stereocenters. The molecule has 1 aromatic rings. The van der Waals surface area contributed by atoms with Crippen molar-refractivity contribution in [2.45, 2.75) is 19.5 Å². The van der Waals surface area contributed by atoms with E-state index in [1.165, 1.54) is 19.1 Å². The minimum atomic E-state index is -1.33. The minimum absolute atomic E-state index is 0.0663. The lowest BCUT2D eigenvalue weighted by Crippen LogP contribution is -2.01. The smallest absolute Gasteiger partial charge is 0.129 e. The third-order valence-corrected chi connectivity index (χ3v) is 1.92. The van der Waals surface area contributed by atoms with Crippen LogP contribution in [0.3, 0.4) is 0 Å². The molecule has 0 aliphatic carbocycles. The average Bonchev–Trinajstić information content (AvgIpc) is 2.04. The summed E-state index contributed by atoms with van der Waals surface area (Å²) in [5.41, 5.74) is 0.606. The summed E-state index contributed by atoms with van der Waals surface area (Å²) >= 11 is 0. The van der Waals surface area contributed by atoms with Crippen molar-refractivity contribution in [2.24, 2.45) is 0 Å². The van der Waals surface area contributed by atoms with E-state index < -0.39 is 12.0 Å². The fourth-order valence-electron chi connectivity index (χ4n) is 1.37. The molecule has 1 rings (SSSR count). The molecule has 0 fully saturated rings. The molecule has 0 spiro atoms. The van der Waals surface area contributed by atoms with Gasteiger partial charge in [0.2, 0.25) is 0 Å². The Hall–Kier alpha value is -0.960. The molecule has 0 aliphatic rings. The second-order valence-corrected chi connectivity index (χ2v) is 2.90. The lowest BCUT2D eigenvalue weighted by atomic mass is 10.0. The van der Waals surface area contributed by atoms with E-state index in [-0.39, 0.29) is 12.2 Å². The fourth-order valence-corrected chi connectivity index (χ4v) is 1.37. The number of halogens is 2. The van der Waals surface area contributed by atoms with E-state index in [0.717, 1.165) is 0 Å². The molecule has 0 aromatic heterocycles. The summed E-state index contributed by atoms with van der Waals surface area (Å²) in [7, 11) is 0. The SMILES string of the molecule is CC(F)c1c(F)cccc1CCO. The van der Waals surface area contributed by atoms with Gasteiger partial charge in [-0.25, -0.2) is 8.78 Å². The van der Waals surface area contributed by atoms with E-state index in [4.69, 9.17) is 5.11 Å². The van der Waals surface area contributed by atoms with Crippen molar-refractivity contribution in [3.8, 4) is 0 Å². The minimum Gasteiger partial charge on any atom is -0.396 e. The summed E-state index contributed by atoms with van der Waals surface area (Å²) in [5, 5.41) is 8.67. The molecule has 0 bridgehead atoms. The van der Waals surface area contributed by atoms with E-state index in [0.29, 0.717) is 12.0 Å². The van der Waals surface area contributed by atoms with Crippen molar-refractivity contribution in [3.05, 3.63) is 35.1 Å². The Morgan fingerprint density at radius 1 is 1.46 bits per heavy atom. The third kappa shape index (κ3) is 2.25. The first kappa shape index (κ1) is 10.1. The van der Waals surface area contributed by atoms with Crippen molar-refractivity contribution in [3.63, 3.8) is 0 Å². The van der Waals surface area contributed by atoms with Crippen LogP contribution in [0.2, 0.25) is 0 Å². The maximum absolute atomic E-state index is 13.1. The summed E-state index contributed by atoms with van der Waals surface area (Å²) in [4.78, 5) is 0. The maximum Gasteiger partial charge on any atom is 0.129 e. The van der Waals surface area contributed by atoms with Gasteiger partial charge < -0.3 is 5.11 Å². The van der Waals surface area contributed by atoms with Gasteiger partial charge in [0.1, 0.15) is 12.0 Å². The summed E-state index contributed by atoms with van der Waals surface area (Å²) in [6.07, 6.45) is -1.04. The molecule has 0 saturated carbocycles. The zero-order valence-corrected chi connectivity index (χ0v) is 7.43. The Balaban J connectivity index is 3.10. The van der Waals surface area contributed by atoms with Crippen LogP contribution < -0.4 is 0 Å². The van der Waals surface area contributed by atoms with Crippen LogP contribution in [0, 0.1) is 5.82 Å². The molecule has 72 valence electrons. The van der Waals surface area contributed by atoms with Crippen LogP contribution in [0.15, 0.2) is 18.2 Å². The van der Waals surface area contributed by atoms with E-state index in [2.05, 4.69) is 0 Å². The van der Waals surface area contributed by atoms with Crippen molar-refractivity contribution in [1.82, 2.24) is 0 Å². The van der Waals surface area contributed by atoms with Gasteiger partial charge in [-0.3, -0.25) is 0 Å². The van der Waals surface area contributed by atoms with Gasteiger partial charge >= 0.3 is 0 Å². The Morgan fingerprint density at radius 3 is 2.69 bits per heavy atom. The number of aliphatic hydroxyl groups excluding tert-OH is 1. The van der Waals surface area contributed by atoms with Crippen molar-refractivity contribution < 1.29 is 13.9 Å². The van der Waals surface area contributed by atoms with Crippen LogP contribution in [0.5, 0.6) is 0 Å². The second kappa shape index (κ2) is 4.33. The molecule has 1 unspecified atom stereocenters. The lowest BCUT2D eigenvalue weighted by Gasteiger charge is -2.10. The topological polar surface area (TPSA) is 20.2 Å². The number of hydrogen-bond donors (Lipinski definition) is 1. The number of aliphatic hydroxyl groups is 1. The van der Waals surface area contributed by atoms with E-state index in [1.54, 1.807) is 6.07 Å². The molecule has 0 amide bonds. The lowest BCUT2D eigenvalue weighted by molar-refractivity contribution is 0.296. The molecule has 1 aromatic carbocycles. The Morgan fingerprint density at radius 2 is 2.15 bits per heavy atom. The van der Waals surface area contributed by atoms with Crippen molar-refractivity contribution in [2.75, 3.05) is 6.61 Å². The fraction of sp³-hybridized carbons (Fsp3) is 0.400. The summed E-state index contributed by atoms with van der Waals surface area (Å²) in [6, 6.07) is 4.38. The first-order chi connectivity index (χ1) is 6.16. The maximum atomic E-state index is 13.1. The molecule has 1 N–H and O–H groups in total. The van der Waals surface area contributed by atoms with Crippen LogP contribution in [0.1, 0.15) is 24.2 Å². The first-order valence-corrected chi connectivity index (χ1v) is 4.19. The molecule has 13 heavy (non-hydrogen) atoms. The highest BCUT2D eigenvalue weighted by molar-refractivity contribution is 5.30. The number of alkyl halides is 1. The van der Waals surface area contributed by atoms with Crippen LogP contribution in [0.25, 0.3) is 0 Å². The van der Waals surface area contributed by atoms with Crippen LogP contribution in [-0.2, 0) is 6.42 Å². The molecule has 0 radical (unpaired) electrons. The quantitative estimate of drug-likeness (QED) is 0.768. The van der Waals surface area contributed by atoms with E-state index in [9.17, 15) is 8.78 Å². The Bertz CT molecular complexity index is 284.